The van der Waals surface area contributed by atoms with Crippen LogP contribution in [0.1, 0.15) is 0 Å². The zero-order valence-corrected chi connectivity index (χ0v) is 14.6. The highest BCUT2D eigenvalue weighted by Crippen LogP contribution is 2.34. The molecule has 3 heteroatoms. The number of furan rings is 1. The molecule has 0 aliphatic rings. The summed E-state index contributed by atoms with van der Waals surface area (Å²) in [5.74, 6) is 0. The molecule has 23 heavy (non-hydrogen) atoms. The normalized spacial score (nSPS) is 12.1. The molecule has 0 amide bonds. The Morgan fingerprint density at radius 2 is 1.52 bits per heavy atom. The van der Waals surface area contributed by atoms with Gasteiger partial charge in [0, 0.05) is 16.3 Å². The average molecular weight is 317 g/mol. The summed E-state index contributed by atoms with van der Waals surface area (Å²) in [6.07, 6.45) is 0. The second kappa shape index (κ2) is 5.07. The third-order valence-corrected chi connectivity index (χ3v) is 5.97. The van der Waals surface area contributed by atoms with Gasteiger partial charge in [0.15, 0.2) is 0 Å². The minimum absolute atomic E-state index is 0.925. The Hall–Kier alpha value is -2.39. The van der Waals surface area contributed by atoms with E-state index in [-0.39, 0.29) is 0 Å². The van der Waals surface area contributed by atoms with Crippen molar-refractivity contribution in [2.45, 2.75) is 19.6 Å². The highest BCUT2D eigenvalue weighted by atomic mass is 28.3. The van der Waals surface area contributed by atoms with Gasteiger partial charge in [-0.05, 0) is 12.1 Å². The third kappa shape index (κ3) is 2.37. The molecule has 0 bridgehead atoms. The van der Waals surface area contributed by atoms with E-state index in [9.17, 15) is 0 Å². The summed E-state index contributed by atoms with van der Waals surface area (Å²) in [6, 6.07) is 20.8. The van der Waals surface area contributed by atoms with Gasteiger partial charge in [-0.1, -0.05) is 68.2 Å². The molecule has 0 spiro atoms. The average Bonchev–Trinajstić information content (AvgIpc) is 2.92. The summed E-state index contributed by atoms with van der Waals surface area (Å²) in [4.78, 5) is 5.07. The molecule has 0 atom stereocenters. The molecule has 2 nitrogen and oxygen atoms in total. The molecular formula is C20H19NOSi. The number of hydrogen-bond donors (Lipinski definition) is 0. The summed E-state index contributed by atoms with van der Waals surface area (Å²) < 4.78 is 6.13. The molecule has 0 aliphatic carbocycles. The van der Waals surface area contributed by atoms with Crippen LogP contribution in [0.15, 0.2) is 65.1 Å². The molecule has 0 saturated carbocycles. The monoisotopic (exact) mass is 317 g/mol. The molecular weight excluding hydrogens is 298 g/mol. The van der Waals surface area contributed by atoms with E-state index in [1.165, 1.54) is 5.32 Å². The lowest BCUT2D eigenvalue weighted by molar-refractivity contribution is 0.669. The zero-order chi connectivity index (χ0) is 16.0. The van der Waals surface area contributed by atoms with Crippen molar-refractivity contribution in [2.24, 2.45) is 0 Å². The van der Waals surface area contributed by atoms with Gasteiger partial charge in [0.05, 0.1) is 11.1 Å². The first-order chi connectivity index (χ1) is 11.0. The van der Waals surface area contributed by atoms with Crippen LogP contribution in [0.5, 0.6) is 0 Å². The van der Waals surface area contributed by atoms with E-state index in [0.29, 0.717) is 0 Å². The number of pyridine rings is 1. The highest BCUT2D eigenvalue weighted by molar-refractivity contribution is 6.88. The summed E-state index contributed by atoms with van der Waals surface area (Å²) in [5, 5.41) is 3.44. The molecule has 0 fully saturated rings. The molecule has 4 aromatic rings. The third-order valence-electron chi connectivity index (χ3n) is 4.18. The van der Waals surface area contributed by atoms with Gasteiger partial charge >= 0.3 is 0 Å². The summed E-state index contributed by atoms with van der Waals surface area (Å²) in [7, 11) is -1.53. The van der Waals surface area contributed by atoms with Crippen LogP contribution in [0.3, 0.4) is 0 Å². The lowest BCUT2D eigenvalue weighted by Gasteiger charge is -2.17. The lowest BCUT2D eigenvalue weighted by Crippen LogP contribution is -2.40. The van der Waals surface area contributed by atoms with Crippen molar-refractivity contribution in [3.8, 4) is 11.3 Å². The fraction of sp³-hybridized carbons (Fsp3) is 0.150. The van der Waals surface area contributed by atoms with Crippen molar-refractivity contribution in [1.29, 1.82) is 0 Å². The predicted octanol–water partition coefficient (Wildman–Crippen LogP) is 5.19. The summed E-state index contributed by atoms with van der Waals surface area (Å²) >= 11 is 0. The van der Waals surface area contributed by atoms with E-state index in [2.05, 4.69) is 62.1 Å². The Balaban J connectivity index is 2.16. The first kappa shape index (κ1) is 14.2. The van der Waals surface area contributed by atoms with Gasteiger partial charge < -0.3 is 4.42 Å². The van der Waals surface area contributed by atoms with Crippen LogP contribution in [0.4, 0.5) is 0 Å². The van der Waals surface area contributed by atoms with E-state index < -0.39 is 8.07 Å². The van der Waals surface area contributed by atoms with Crippen molar-refractivity contribution in [3.63, 3.8) is 0 Å². The number of nitrogens with zero attached hydrogens (tertiary/aromatic N) is 1. The number of fused-ring (bicyclic) bond motifs is 3. The maximum absolute atomic E-state index is 6.13. The minimum Gasteiger partial charge on any atom is -0.456 e. The Bertz CT molecular complexity index is 997. The van der Waals surface area contributed by atoms with Crippen LogP contribution in [0.2, 0.25) is 19.6 Å². The molecule has 2 aromatic heterocycles. The molecule has 4 rings (SSSR count). The standard InChI is InChI=1S/C20H19NOSi/c1-23(2,3)18-13-17-19(15-11-7-8-12-16(15)22-17)20(21-18)14-9-5-4-6-10-14/h4-13H,1-3H3. The van der Waals surface area contributed by atoms with Crippen LogP contribution < -0.4 is 5.32 Å². The van der Waals surface area contributed by atoms with Crippen LogP contribution in [-0.4, -0.2) is 13.1 Å². The Morgan fingerprint density at radius 1 is 0.826 bits per heavy atom. The highest BCUT2D eigenvalue weighted by Gasteiger charge is 2.23. The molecule has 0 radical (unpaired) electrons. The predicted molar refractivity (Wildman–Crippen MR) is 99.9 cm³/mol. The fourth-order valence-corrected chi connectivity index (χ4v) is 3.94. The van der Waals surface area contributed by atoms with Crippen molar-refractivity contribution in [2.75, 3.05) is 0 Å². The second-order valence-corrected chi connectivity index (χ2v) is 12.0. The molecule has 2 aromatic carbocycles. The van der Waals surface area contributed by atoms with Gasteiger partial charge in [-0.3, -0.25) is 4.98 Å². The lowest BCUT2D eigenvalue weighted by atomic mass is 10.1. The van der Waals surface area contributed by atoms with Gasteiger partial charge in [0.2, 0.25) is 0 Å². The number of para-hydroxylation sites is 1. The van der Waals surface area contributed by atoms with Crippen molar-refractivity contribution >= 4 is 35.3 Å². The van der Waals surface area contributed by atoms with Crippen molar-refractivity contribution in [3.05, 3.63) is 60.7 Å². The molecule has 2 heterocycles. The van der Waals surface area contributed by atoms with Gasteiger partial charge in [0.25, 0.3) is 0 Å². The van der Waals surface area contributed by atoms with Gasteiger partial charge in [-0.15, -0.1) is 0 Å². The van der Waals surface area contributed by atoms with Gasteiger partial charge in [-0.2, -0.15) is 0 Å². The minimum atomic E-state index is -1.53. The molecule has 0 aliphatic heterocycles. The molecule has 114 valence electrons. The topological polar surface area (TPSA) is 26.0 Å². The van der Waals surface area contributed by atoms with Crippen molar-refractivity contribution < 1.29 is 4.42 Å². The van der Waals surface area contributed by atoms with Crippen LogP contribution in [0, 0.1) is 0 Å². The van der Waals surface area contributed by atoms with E-state index >= 15 is 0 Å². The molecule has 0 saturated heterocycles. The Labute approximate surface area is 136 Å². The Kier molecular flexibility index (Phi) is 3.13. The molecule has 0 N–H and O–H groups in total. The van der Waals surface area contributed by atoms with Gasteiger partial charge in [-0.25, -0.2) is 0 Å². The number of aromatic nitrogens is 1. The Morgan fingerprint density at radius 3 is 2.26 bits per heavy atom. The quantitative estimate of drug-likeness (QED) is 0.475. The molecule has 0 unspecified atom stereocenters. The number of rotatable bonds is 2. The zero-order valence-electron chi connectivity index (χ0n) is 13.6. The maximum Gasteiger partial charge on any atom is 0.139 e. The van der Waals surface area contributed by atoms with E-state index in [1.54, 1.807) is 0 Å². The number of hydrogen-bond acceptors (Lipinski definition) is 2. The SMILES string of the molecule is C[Si](C)(C)c1cc2oc3ccccc3c2c(-c2ccccc2)n1. The maximum atomic E-state index is 6.13. The summed E-state index contributed by atoms with van der Waals surface area (Å²) in [6.45, 7) is 6.95. The smallest absolute Gasteiger partial charge is 0.139 e. The summed E-state index contributed by atoms with van der Waals surface area (Å²) in [5.41, 5.74) is 4.04. The van der Waals surface area contributed by atoms with Crippen LogP contribution >= 0.6 is 0 Å². The largest absolute Gasteiger partial charge is 0.456 e. The van der Waals surface area contributed by atoms with E-state index in [0.717, 1.165) is 33.2 Å². The van der Waals surface area contributed by atoms with Gasteiger partial charge in [0.1, 0.15) is 19.2 Å². The van der Waals surface area contributed by atoms with Crippen molar-refractivity contribution in [1.82, 2.24) is 4.98 Å². The van der Waals surface area contributed by atoms with Crippen LogP contribution in [0.25, 0.3) is 33.2 Å². The first-order valence-corrected chi connectivity index (χ1v) is 11.4. The van der Waals surface area contributed by atoms with Crippen LogP contribution in [-0.2, 0) is 0 Å². The first-order valence-electron chi connectivity index (χ1n) is 7.92. The second-order valence-electron chi connectivity index (χ2n) is 6.94. The number of benzene rings is 2. The fourth-order valence-electron chi connectivity index (χ4n) is 2.93. The van der Waals surface area contributed by atoms with E-state index in [4.69, 9.17) is 9.40 Å². The van der Waals surface area contributed by atoms with E-state index in [1.807, 2.05) is 18.2 Å².